The van der Waals surface area contributed by atoms with Gasteiger partial charge < -0.3 is 14.5 Å². The van der Waals surface area contributed by atoms with Gasteiger partial charge in [0.25, 0.3) is 0 Å². The monoisotopic (exact) mass is 261 g/mol. The summed E-state index contributed by atoms with van der Waals surface area (Å²) in [6.45, 7) is 4.20. The summed E-state index contributed by atoms with van der Waals surface area (Å²) in [7, 11) is 0. The largest absolute Gasteiger partial charge is 0.450 e. The summed E-state index contributed by atoms with van der Waals surface area (Å²) in [5.41, 5.74) is 1.97. The molecule has 1 aromatic carbocycles. The third kappa shape index (κ3) is 3.54. The average molecular weight is 261 g/mol. The van der Waals surface area contributed by atoms with Crippen LogP contribution in [0.25, 0.3) is 11.5 Å². The highest BCUT2D eigenvalue weighted by atomic mass is 16.5. The lowest BCUT2D eigenvalue weighted by Crippen LogP contribution is -2.23. The lowest BCUT2D eigenvalue weighted by Gasteiger charge is -2.01. The zero-order valence-electron chi connectivity index (χ0n) is 10.8. The van der Waals surface area contributed by atoms with Crippen molar-refractivity contribution in [2.45, 2.75) is 20.4 Å². The fourth-order valence-corrected chi connectivity index (χ4v) is 1.55. The first-order valence-electron chi connectivity index (χ1n) is 5.99. The lowest BCUT2D eigenvalue weighted by molar-refractivity contribution is 0.150. The van der Waals surface area contributed by atoms with Crippen molar-refractivity contribution < 1.29 is 13.9 Å². The van der Waals surface area contributed by atoms with Crippen LogP contribution in [-0.4, -0.2) is 22.9 Å². The van der Waals surface area contributed by atoms with Crippen LogP contribution in [0.4, 0.5) is 4.79 Å². The van der Waals surface area contributed by atoms with Crippen LogP contribution in [0.15, 0.2) is 28.7 Å². The van der Waals surface area contributed by atoms with E-state index in [2.05, 4.69) is 15.5 Å². The number of aromatic nitrogens is 2. The Kier molecular flexibility index (Phi) is 4.12. The van der Waals surface area contributed by atoms with Gasteiger partial charge in [0.15, 0.2) is 0 Å². The third-order valence-electron chi connectivity index (χ3n) is 2.39. The molecule has 6 heteroatoms. The van der Waals surface area contributed by atoms with Crippen molar-refractivity contribution in [2.24, 2.45) is 0 Å². The minimum absolute atomic E-state index is 0.150. The summed E-state index contributed by atoms with van der Waals surface area (Å²) in [6.07, 6.45) is -0.502. The Morgan fingerprint density at radius 2 is 2.26 bits per heavy atom. The van der Waals surface area contributed by atoms with Crippen LogP contribution in [0.3, 0.4) is 0 Å². The number of alkyl carbamates (subject to hydrolysis) is 1. The molecule has 0 saturated carbocycles. The zero-order chi connectivity index (χ0) is 13.7. The highest BCUT2D eigenvalue weighted by Crippen LogP contribution is 2.18. The van der Waals surface area contributed by atoms with Crippen molar-refractivity contribution in [2.75, 3.05) is 6.61 Å². The number of hydrogen-bond donors (Lipinski definition) is 1. The van der Waals surface area contributed by atoms with Crippen molar-refractivity contribution in [1.29, 1.82) is 0 Å². The van der Waals surface area contributed by atoms with Gasteiger partial charge in [-0.05, 0) is 26.0 Å². The van der Waals surface area contributed by atoms with E-state index in [0.29, 0.717) is 18.4 Å². The van der Waals surface area contributed by atoms with Gasteiger partial charge in [0.2, 0.25) is 11.8 Å². The fraction of sp³-hybridized carbons (Fsp3) is 0.308. The first kappa shape index (κ1) is 13.1. The molecule has 0 fully saturated rings. The molecular weight excluding hydrogens is 246 g/mol. The smallest absolute Gasteiger partial charge is 0.407 e. The van der Waals surface area contributed by atoms with Crippen LogP contribution in [0.2, 0.25) is 0 Å². The Labute approximate surface area is 110 Å². The van der Waals surface area contributed by atoms with Crippen molar-refractivity contribution >= 4 is 6.09 Å². The summed E-state index contributed by atoms with van der Waals surface area (Å²) < 4.78 is 10.2. The second kappa shape index (κ2) is 5.99. The Balaban J connectivity index is 2.01. The summed E-state index contributed by atoms with van der Waals surface area (Å²) >= 11 is 0. The molecule has 0 unspecified atom stereocenters. The van der Waals surface area contributed by atoms with Gasteiger partial charge in [-0.3, -0.25) is 0 Å². The van der Waals surface area contributed by atoms with Gasteiger partial charge in [-0.2, -0.15) is 0 Å². The van der Waals surface area contributed by atoms with E-state index in [0.717, 1.165) is 11.1 Å². The molecule has 1 N–H and O–H groups in total. The molecule has 0 spiro atoms. The zero-order valence-corrected chi connectivity index (χ0v) is 10.8. The summed E-state index contributed by atoms with van der Waals surface area (Å²) in [5.74, 6) is 0.772. The maximum absolute atomic E-state index is 11.1. The minimum Gasteiger partial charge on any atom is -0.450 e. The van der Waals surface area contributed by atoms with Gasteiger partial charge in [0.05, 0.1) is 13.2 Å². The van der Waals surface area contributed by atoms with Crippen LogP contribution >= 0.6 is 0 Å². The van der Waals surface area contributed by atoms with E-state index in [1.807, 2.05) is 31.2 Å². The predicted molar refractivity (Wildman–Crippen MR) is 68.3 cm³/mol. The fourth-order valence-electron chi connectivity index (χ4n) is 1.55. The highest BCUT2D eigenvalue weighted by molar-refractivity contribution is 5.66. The van der Waals surface area contributed by atoms with Crippen molar-refractivity contribution in [3.8, 4) is 11.5 Å². The molecule has 0 aliphatic carbocycles. The molecule has 2 aromatic rings. The van der Waals surface area contributed by atoms with Gasteiger partial charge in [-0.15, -0.1) is 10.2 Å². The van der Waals surface area contributed by atoms with E-state index in [1.165, 1.54) is 0 Å². The molecule has 2 rings (SSSR count). The van der Waals surface area contributed by atoms with Gasteiger partial charge in [0, 0.05) is 5.56 Å². The number of benzene rings is 1. The van der Waals surface area contributed by atoms with E-state index in [1.54, 1.807) is 6.92 Å². The number of carbonyl (C=O) groups excluding carboxylic acids is 1. The molecule has 0 saturated heterocycles. The maximum Gasteiger partial charge on any atom is 0.407 e. The molecule has 100 valence electrons. The predicted octanol–water partition coefficient (Wildman–Crippen LogP) is 2.29. The second-order valence-electron chi connectivity index (χ2n) is 3.94. The normalized spacial score (nSPS) is 10.2. The number of aryl methyl sites for hydroxylation is 1. The van der Waals surface area contributed by atoms with E-state index in [9.17, 15) is 4.79 Å². The minimum atomic E-state index is -0.502. The summed E-state index contributed by atoms with van der Waals surface area (Å²) in [4.78, 5) is 11.1. The second-order valence-corrected chi connectivity index (χ2v) is 3.94. The van der Waals surface area contributed by atoms with Gasteiger partial charge in [-0.1, -0.05) is 17.7 Å². The van der Waals surface area contributed by atoms with Crippen LogP contribution < -0.4 is 5.32 Å². The number of ether oxygens (including phenoxy) is 1. The van der Waals surface area contributed by atoms with Crippen LogP contribution in [0.5, 0.6) is 0 Å². The van der Waals surface area contributed by atoms with Crippen LogP contribution in [0, 0.1) is 6.92 Å². The number of hydrogen-bond acceptors (Lipinski definition) is 5. The first-order valence-corrected chi connectivity index (χ1v) is 5.99. The van der Waals surface area contributed by atoms with E-state index < -0.39 is 6.09 Å². The number of nitrogens with one attached hydrogen (secondary N) is 1. The molecule has 1 heterocycles. The number of nitrogens with zero attached hydrogens (tertiary/aromatic N) is 2. The standard InChI is InChI=1S/C13H15N3O3/c1-3-18-13(17)14-8-11-15-16-12(19-11)10-6-4-5-9(2)7-10/h4-7H,3,8H2,1-2H3,(H,14,17). The molecule has 1 amide bonds. The molecule has 0 bridgehead atoms. The first-order chi connectivity index (χ1) is 9.19. The topological polar surface area (TPSA) is 77.2 Å². The quantitative estimate of drug-likeness (QED) is 0.913. The molecule has 1 aromatic heterocycles. The summed E-state index contributed by atoms with van der Waals surface area (Å²) in [6, 6.07) is 7.76. The Hall–Kier alpha value is -2.37. The molecule has 0 aliphatic rings. The summed E-state index contributed by atoms with van der Waals surface area (Å²) in [5, 5.41) is 10.3. The molecular formula is C13H15N3O3. The van der Waals surface area contributed by atoms with Crippen LogP contribution in [0.1, 0.15) is 18.4 Å². The van der Waals surface area contributed by atoms with E-state index in [4.69, 9.17) is 9.15 Å². The van der Waals surface area contributed by atoms with E-state index in [-0.39, 0.29) is 6.54 Å². The van der Waals surface area contributed by atoms with Crippen LogP contribution in [-0.2, 0) is 11.3 Å². The molecule has 0 radical (unpaired) electrons. The van der Waals surface area contributed by atoms with Gasteiger partial charge >= 0.3 is 6.09 Å². The molecule has 19 heavy (non-hydrogen) atoms. The lowest BCUT2D eigenvalue weighted by atomic mass is 10.1. The molecule has 6 nitrogen and oxygen atoms in total. The highest BCUT2D eigenvalue weighted by Gasteiger charge is 2.09. The van der Waals surface area contributed by atoms with Crippen molar-refractivity contribution in [3.05, 3.63) is 35.7 Å². The van der Waals surface area contributed by atoms with Crippen molar-refractivity contribution in [3.63, 3.8) is 0 Å². The van der Waals surface area contributed by atoms with Gasteiger partial charge in [0.1, 0.15) is 0 Å². The Morgan fingerprint density at radius 3 is 3.00 bits per heavy atom. The third-order valence-corrected chi connectivity index (χ3v) is 2.39. The van der Waals surface area contributed by atoms with Crippen molar-refractivity contribution in [1.82, 2.24) is 15.5 Å². The number of rotatable bonds is 4. The average Bonchev–Trinajstić information content (AvgIpc) is 2.85. The molecule has 0 atom stereocenters. The van der Waals surface area contributed by atoms with Gasteiger partial charge in [-0.25, -0.2) is 4.79 Å². The number of amides is 1. The Bertz CT molecular complexity index is 566. The maximum atomic E-state index is 11.1. The molecule has 0 aliphatic heterocycles. The SMILES string of the molecule is CCOC(=O)NCc1nnc(-c2cccc(C)c2)o1. The number of carbonyl (C=O) groups is 1. The Morgan fingerprint density at radius 1 is 1.42 bits per heavy atom. The van der Waals surface area contributed by atoms with E-state index >= 15 is 0 Å².